The van der Waals surface area contributed by atoms with Crippen LogP contribution in [0.4, 0.5) is 0 Å². The molecule has 0 saturated carbocycles. The summed E-state index contributed by atoms with van der Waals surface area (Å²) in [7, 11) is 3.18. The number of hydrogen-bond donors (Lipinski definition) is 1. The number of benzene rings is 2. The molecule has 2 aromatic carbocycles. The fourth-order valence-corrected chi connectivity index (χ4v) is 3.68. The van der Waals surface area contributed by atoms with Crippen molar-refractivity contribution < 1.29 is 24.2 Å². The fraction of sp³-hybridized carbons (Fsp3) is 0.375. The molecule has 0 saturated heterocycles. The number of methoxy groups -OCH3 is 2. The maximum Gasteiger partial charge on any atom is 0.303 e. The van der Waals surface area contributed by atoms with Crippen molar-refractivity contribution in [3.63, 3.8) is 0 Å². The molecule has 1 aliphatic heterocycles. The number of hydrazone groups is 1. The highest BCUT2D eigenvalue weighted by Crippen LogP contribution is 2.36. The Morgan fingerprint density at radius 1 is 1.10 bits per heavy atom. The third kappa shape index (κ3) is 5.23. The molecule has 0 fully saturated rings. The van der Waals surface area contributed by atoms with Crippen LogP contribution in [-0.4, -0.2) is 41.9 Å². The Morgan fingerprint density at radius 3 is 2.45 bits per heavy atom. The largest absolute Gasteiger partial charge is 0.497 e. The van der Waals surface area contributed by atoms with E-state index in [1.165, 1.54) is 10.6 Å². The second kappa shape index (κ2) is 10.1. The topological polar surface area (TPSA) is 88.4 Å². The summed E-state index contributed by atoms with van der Waals surface area (Å²) < 4.78 is 10.8. The summed E-state index contributed by atoms with van der Waals surface area (Å²) in [6.07, 6.45) is 1.85. The second-order valence-corrected chi connectivity index (χ2v) is 7.41. The summed E-state index contributed by atoms with van der Waals surface area (Å²) in [6.45, 7) is 2.10. The van der Waals surface area contributed by atoms with Crippen molar-refractivity contribution in [3.8, 4) is 11.5 Å². The number of carboxylic acids is 1. The average molecular weight is 424 g/mol. The van der Waals surface area contributed by atoms with Gasteiger partial charge < -0.3 is 14.6 Å². The molecule has 1 atom stereocenters. The lowest BCUT2D eigenvalue weighted by Gasteiger charge is -2.22. The molecule has 0 aliphatic carbocycles. The number of nitrogens with zero attached hydrogens (tertiary/aromatic N) is 2. The normalized spacial score (nSPS) is 15.5. The molecular weight excluding hydrogens is 396 g/mol. The summed E-state index contributed by atoms with van der Waals surface area (Å²) >= 11 is 0. The zero-order valence-electron chi connectivity index (χ0n) is 18.1. The molecule has 7 heteroatoms. The van der Waals surface area contributed by atoms with E-state index in [1.54, 1.807) is 20.3 Å². The first-order valence-electron chi connectivity index (χ1n) is 10.4. The lowest BCUT2D eigenvalue weighted by atomic mass is 9.96. The van der Waals surface area contributed by atoms with Crippen molar-refractivity contribution in [2.75, 3.05) is 14.2 Å². The Bertz CT molecular complexity index is 968. The minimum Gasteiger partial charge on any atom is -0.497 e. The van der Waals surface area contributed by atoms with Gasteiger partial charge >= 0.3 is 5.97 Å². The number of carbonyl (C=O) groups is 2. The van der Waals surface area contributed by atoms with Crippen molar-refractivity contribution in [1.29, 1.82) is 0 Å². The molecule has 2 aromatic rings. The molecule has 7 nitrogen and oxygen atoms in total. The molecule has 1 aliphatic rings. The van der Waals surface area contributed by atoms with Gasteiger partial charge in [-0.15, -0.1) is 0 Å². The zero-order valence-corrected chi connectivity index (χ0v) is 18.1. The Morgan fingerprint density at radius 2 is 1.84 bits per heavy atom. The van der Waals surface area contributed by atoms with Crippen molar-refractivity contribution >= 4 is 17.6 Å². The lowest BCUT2D eigenvalue weighted by Crippen LogP contribution is -2.27. The van der Waals surface area contributed by atoms with Gasteiger partial charge in [-0.3, -0.25) is 9.59 Å². The molecular formula is C24H28N2O5. The number of aliphatic carboxylic acids is 1. The van der Waals surface area contributed by atoms with Crippen molar-refractivity contribution in [1.82, 2.24) is 5.01 Å². The van der Waals surface area contributed by atoms with Crippen LogP contribution in [0.1, 0.15) is 55.3 Å². The molecule has 164 valence electrons. The summed E-state index contributed by atoms with van der Waals surface area (Å²) in [5.41, 5.74) is 3.77. The molecule has 1 heterocycles. The van der Waals surface area contributed by atoms with Crippen LogP contribution in [0.2, 0.25) is 0 Å². The Balaban J connectivity index is 1.92. The molecule has 0 spiro atoms. The van der Waals surface area contributed by atoms with Crippen LogP contribution in [0, 0.1) is 0 Å². The van der Waals surface area contributed by atoms with E-state index in [2.05, 4.69) is 24.2 Å². The summed E-state index contributed by atoms with van der Waals surface area (Å²) in [5.74, 6) is 0.201. The Kier molecular flexibility index (Phi) is 7.28. The Hall–Kier alpha value is -3.35. The highest BCUT2D eigenvalue weighted by molar-refractivity contribution is 6.05. The van der Waals surface area contributed by atoms with Crippen molar-refractivity contribution in [2.45, 2.75) is 45.1 Å². The second-order valence-electron chi connectivity index (χ2n) is 7.41. The van der Waals surface area contributed by atoms with Crippen LogP contribution < -0.4 is 9.47 Å². The third-order valence-corrected chi connectivity index (χ3v) is 5.44. The minimum atomic E-state index is -0.909. The van der Waals surface area contributed by atoms with Crippen LogP contribution in [0.5, 0.6) is 11.5 Å². The Labute approximate surface area is 182 Å². The van der Waals surface area contributed by atoms with Gasteiger partial charge in [-0.25, -0.2) is 5.01 Å². The SMILES string of the molecule is CCc1ccc(C2CC(c3ccc(OC)cc3OC)=NN2C(=O)CCCC(=O)O)cc1. The van der Waals surface area contributed by atoms with Crippen LogP contribution in [0.15, 0.2) is 47.6 Å². The number of rotatable bonds is 9. The number of carbonyl (C=O) groups excluding carboxylic acids is 1. The van der Waals surface area contributed by atoms with Gasteiger partial charge in [-0.05, 0) is 36.1 Å². The van der Waals surface area contributed by atoms with Gasteiger partial charge in [0.15, 0.2) is 0 Å². The molecule has 31 heavy (non-hydrogen) atoms. The molecule has 0 radical (unpaired) electrons. The van der Waals surface area contributed by atoms with E-state index in [0.29, 0.717) is 17.9 Å². The maximum atomic E-state index is 12.9. The zero-order chi connectivity index (χ0) is 22.4. The standard InChI is InChI=1S/C24H28N2O5/c1-4-16-8-10-17(11-9-16)21-15-20(19-13-12-18(30-2)14-22(19)31-3)25-26(21)23(27)6-5-7-24(28)29/h8-14,21H,4-7,15H2,1-3H3,(H,28,29). The van der Waals surface area contributed by atoms with Crippen molar-refractivity contribution in [3.05, 3.63) is 59.2 Å². The lowest BCUT2D eigenvalue weighted by molar-refractivity contribution is -0.137. The first-order chi connectivity index (χ1) is 15.0. The quantitative estimate of drug-likeness (QED) is 0.652. The summed E-state index contributed by atoms with van der Waals surface area (Å²) in [6, 6.07) is 13.5. The molecule has 1 N–H and O–H groups in total. The predicted octanol–water partition coefficient (Wildman–Crippen LogP) is 4.20. The monoisotopic (exact) mass is 424 g/mol. The highest BCUT2D eigenvalue weighted by atomic mass is 16.5. The van der Waals surface area contributed by atoms with Crippen LogP contribution in [-0.2, 0) is 16.0 Å². The van der Waals surface area contributed by atoms with Gasteiger partial charge in [0, 0.05) is 30.9 Å². The van der Waals surface area contributed by atoms with E-state index in [-0.39, 0.29) is 31.2 Å². The van der Waals surface area contributed by atoms with E-state index >= 15 is 0 Å². The molecule has 0 aromatic heterocycles. The average Bonchev–Trinajstić information content (AvgIpc) is 3.23. The third-order valence-electron chi connectivity index (χ3n) is 5.44. The first-order valence-corrected chi connectivity index (χ1v) is 10.4. The highest BCUT2D eigenvalue weighted by Gasteiger charge is 2.33. The first kappa shape index (κ1) is 22.3. The molecule has 1 amide bonds. The van der Waals surface area contributed by atoms with E-state index < -0.39 is 5.97 Å². The summed E-state index contributed by atoms with van der Waals surface area (Å²) in [5, 5.41) is 15.0. The van der Waals surface area contributed by atoms with E-state index in [4.69, 9.17) is 14.6 Å². The fourth-order valence-electron chi connectivity index (χ4n) is 3.68. The van der Waals surface area contributed by atoms with Crippen LogP contribution in [0.3, 0.4) is 0 Å². The van der Waals surface area contributed by atoms with Crippen LogP contribution in [0.25, 0.3) is 0 Å². The van der Waals surface area contributed by atoms with E-state index in [9.17, 15) is 9.59 Å². The number of ether oxygens (including phenoxy) is 2. The molecule has 3 rings (SSSR count). The van der Waals surface area contributed by atoms with Gasteiger partial charge in [0.2, 0.25) is 5.91 Å². The van der Waals surface area contributed by atoms with Gasteiger partial charge in [-0.2, -0.15) is 5.10 Å². The molecule has 0 bridgehead atoms. The number of amides is 1. The predicted molar refractivity (Wildman–Crippen MR) is 118 cm³/mol. The van der Waals surface area contributed by atoms with Gasteiger partial charge in [0.25, 0.3) is 0 Å². The number of carboxylic acid groups (broad SMARTS) is 1. The van der Waals surface area contributed by atoms with Gasteiger partial charge in [-0.1, -0.05) is 31.2 Å². The van der Waals surface area contributed by atoms with Gasteiger partial charge in [0.1, 0.15) is 11.5 Å². The van der Waals surface area contributed by atoms with Gasteiger partial charge in [0.05, 0.1) is 26.0 Å². The van der Waals surface area contributed by atoms with E-state index in [0.717, 1.165) is 23.3 Å². The minimum absolute atomic E-state index is 0.0433. The van der Waals surface area contributed by atoms with Crippen molar-refractivity contribution in [2.24, 2.45) is 5.10 Å². The maximum absolute atomic E-state index is 12.9. The summed E-state index contributed by atoms with van der Waals surface area (Å²) in [4.78, 5) is 23.8. The smallest absolute Gasteiger partial charge is 0.303 e. The van der Waals surface area contributed by atoms with E-state index in [1.807, 2.05) is 24.3 Å². The number of hydrogen-bond acceptors (Lipinski definition) is 5. The molecule has 1 unspecified atom stereocenters. The van der Waals surface area contributed by atoms with Crippen LogP contribution >= 0.6 is 0 Å². The number of aryl methyl sites for hydroxylation is 1.